The first kappa shape index (κ1) is 23.7. The molecule has 0 aliphatic carbocycles. The second-order valence-corrected chi connectivity index (χ2v) is 9.08. The number of anilines is 1. The van der Waals surface area contributed by atoms with Crippen LogP contribution in [0.25, 0.3) is 27.6 Å². The summed E-state index contributed by atoms with van der Waals surface area (Å²) in [5.41, 5.74) is 7.52. The van der Waals surface area contributed by atoms with E-state index < -0.39 is 5.97 Å². The minimum absolute atomic E-state index is 0.191. The lowest BCUT2D eigenvalue weighted by atomic mass is 9.92. The molecule has 4 aromatic rings. The Morgan fingerprint density at radius 2 is 1.89 bits per heavy atom. The molecule has 5 rings (SSSR count). The largest absolute Gasteiger partial charge is 0.478 e. The molecule has 1 unspecified atom stereocenters. The van der Waals surface area contributed by atoms with Gasteiger partial charge in [0, 0.05) is 22.7 Å². The summed E-state index contributed by atoms with van der Waals surface area (Å²) in [5.74, 6) is -1.26. The third kappa shape index (κ3) is 4.72. The van der Waals surface area contributed by atoms with Crippen molar-refractivity contribution in [1.29, 1.82) is 0 Å². The monoisotopic (exact) mass is 482 g/mol. The van der Waals surface area contributed by atoms with E-state index in [0.29, 0.717) is 18.9 Å². The number of nitrogens with one attached hydrogen (secondary N) is 1. The lowest BCUT2D eigenvalue weighted by Gasteiger charge is -2.22. The number of carboxylic acids is 1. The van der Waals surface area contributed by atoms with E-state index in [2.05, 4.69) is 29.6 Å². The number of para-hydroxylation sites is 1. The van der Waals surface area contributed by atoms with Crippen molar-refractivity contribution in [3.63, 3.8) is 0 Å². The molecule has 1 aliphatic heterocycles. The van der Waals surface area contributed by atoms with E-state index in [-0.39, 0.29) is 17.4 Å². The fourth-order valence-corrected chi connectivity index (χ4v) is 4.75. The summed E-state index contributed by atoms with van der Waals surface area (Å²) in [6.45, 7) is 5.22. The zero-order valence-corrected chi connectivity index (χ0v) is 20.2. The second kappa shape index (κ2) is 9.91. The molecule has 0 saturated carbocycles. The maximum atomic E-state index is 13.7. The maximum Gasteiger partial charge on any atom is 0.337 e. The summed E-state index contributed by atoms with van der Waals surface area (Å²) in [6, 6.07) is 19.5. The molecule has 2 N–H and O–H groups in total. The lowest BCUT2D eigenvalue weighted by Crippen LogP contribution is -2.12. The summed E-state index contributed by atoms with van der Waals surface area (Å²) in [6.07, 6.45) is 2.82. The fourth-order valence-electron chi connectivity index (χ4n) is 4.75. The van der Waals surface area contributed by atoms with E-state index >= 15 is 0 Å². The minimum Gasteiger partial charge on any atom is -0.478 e. The van der Waals surface area contributed by atoms with Crippen molar-refractivity contribution < 1.29 is 19.0 Å². The topological polar surface area (TPSA) is 71.5 Å². The van der Waals surface area contributed by atoms with Gasteiger partial charge in [-0.25, -0.2) is 14.2 Å². The Balaban J connectivity index is 1.67. The van der Waals surface area contributed by atoms with Crippen LogP contribution in [0.4, 0.5) is 10.1 Å². The number of rotatable bonds is 6. The highest BCUT2D eigenvalue weighted by Gasteiger charge is 2.20. The second-order valence-electron chi connectivity index (χ2n) is 9.08. The molecule has 0 spiro atoms. The van der Waals surface area contributed by atoms with Crippen LogP contribution in [0.2, 0.25) is 0 Å². The highest BCUT2D eigenvalue weighted by atomic mass is 19.1. The molecule has 0 bridgehead atoms. The highest BCUT2D eigenvalue weighted by Crippen LogP contribution is 2.36. The summed E-state index contributed by atoms with van der Waals surface area (Å²) in [7, 11) is 0. The number of hydrogen-bond donors (Lipinski definition) is 2. The van der Waals surface area contributed by atoms with E-state index in [0.717, 1.165) is 50.8 Å². The SMILES string of the molecule is Cc1cc(C(C)Nc2ccccc2C(=O)O)c2cc(-c3ccc(F)cc3)c(C3=CCOCC3)nc2c1. The number of hydrogen-bond acceptors (Lipinski definition) is 4. The molecular weight excluding hydrogens is 455 g/mol. The molecule has 0 saturated heterocycles. The lowest BCUT2D eigenvalue weighted by molar-refractivity contribution is 0.0698. The van der Waals surface area contributed by atoms with Crippen molar-refractivity contribution in [1.82, 2.24) is 4.98 Å². The van der Waals surface area contributed by atoms with Crippen molar-refractivity contribution >= 4 is 28.1 Å². The summed E-state index contributed by atoms with van der Waals surface area (Å²) in [4.78, 5) is 16.8. The van der Waals surface area contributed by atoms with Crippen molar-refractivity contribution in [3.05, 3.63) is 101 Å². The van der Waals surface area contributed by atoms with Crippen LogP contribution in [-0.4, -0.2) is 29.3 Å². The Labute approximate surface area is 209 Å². The normalized spacial score (nSPS) is 14.4. The van der Waals surface area contributed by atoms with Gasteiger partial charge in [-0.05, 0) is 78.9 Å². The maximum absolute atomic E-state index is 13.7. The first-order chi connectivity index (χ1) is 17.4. The number of pyridine rings is 1. The number of carbonyl (C=O) groups is 1. The van der Waals surface area contributed by atoms with Gasteiger partial charge in [0.1, 0.15) is 5.82 Å². The predicted molar refractivity (Wildman–Crippen MR) is 141 cm³/mol. The molecule has 5 nitrogen and oxygen atoms in total. The first-order valence-corrected chi connectivity index (χ1v) is 12.0. The van der Waals surface area contributed by atoms with Crippen molar-refractivity contribution in [2.24, 2.45) is 0 Å². The molecule has 0 amide bonds. The van der Waals surface area contributed by atoms with Crippen LogP contribution in [0, 0.1) is 12.7 Å². The number of halogens is 1. The van der Waals surface area contributed by atoms with E-state index in [1.165, 1.54) is 12.1 Å². The quantitative estimate of drug-likeness (QED) is 0.309. The van der Waals surface area contributed by atoms with Crippen LogP contribution in [-0.2, 0) is 4.74 Å². The Kier molecular flexibility index (Phi) is 6.53. The summed E-state index contributed by atoms with van der Waals surface area (Å²) < 4.78 is 19.2. The average molecular weight is 483 g/mol. The number of aromatic nitrogens is 1. The number of aryl methyl sites for hydroxylation is 1. The molecule has 36 heavy (non-hydrogen) atoms. The van der Waals surface area contributed by atoms with Gasteiger partial charge in [-0.3, -0.25) is 0 Å². The van der Waals surface area contributed by atoms with Gasteiger partial charge in [-0.2, -0.15) is 0 Å². The Hall–Kier alpha value is -4.03. The van der Waals surface area contributed by atoms with Crippen LogP contribution in [0.3, 0.4) is 0 Å². The highest BCUT2D eigenvalue weighted by molar-refractivity contribution is 5.95. The van der Waals surface area contributed by atoms with Crippen molar-refractivity contribution in [3.8, 4) is 11.1 Å². The first-order valence-electron chi connectivity index (χ1n) is 12.0. The minimum atomic E-state index is -0.978. The standard InChI is InChI=1S/C30H27FN2O3/c1-18-15-24(19(2)32-27-6-4-3-5-23(27)30(34)35)26-17-25(20-7-9-22(31)10-8-20)29(33-28(26)16-18)21-11-13-36-14-12-21/h3-11,15-17,19,32H,12-14H2,1-2H3,(H,34,35). The molecule has 1 aliphatic rings. The molecule has 3 aromatic carbocycles. The number of nitrogens with zero attached hydrogens (tertiary/aromatic N) is 1. The molecule has 1 aromatic heterocycles. The molecule has 2 heterocycles. The number of carboxylic acid groups (broad SMARTS) is 1. The number of aromatic carboxylic acids is 1. The van der Waals surface area contributed by atoms with Gasteiger partial charge in [0.15, 0.2) is 0 Å². The molecule has 0 radical (unpaired) electrons. The fraction of sp³-hybridized carbons (Fsp3) is 0.200. The Morgan fingerprint density at radius 1 is 1.11 bits per heavy atom. The van der Waals surface area contributed by atoms with Gasteiger partial charge in [-0.15, -0.1) is 0 Å². The van der Waals surface area contributed by atoms with Crippen LogP contribution in [0.1, 0.15) is 46.6 Å². The van der Waals surface area contributed by atoms with Crippen molar-refractivity contribution in [2.45, 2.75) is 26.3 Å². The van der Waals surface area contributed by atoms with Gasteiger partial charge in [0.25, 0.3) is 0 Å². The van der Waals surface area contributed by atoms with Crippen LogP contribution < -0.4 is 5.32 Å². The molecular formula is C30H27FN2O3. The average Bonchev–Trinajstić information content (AvgIpc) is 2.88. The summed E-state index contributed by atoms with van der Waals surface area (Å²) in [5, 5.41) is 14.0. The number of fused-ring (bicyclic) bond motifs is 1. The zero-order chi connectivity index (χ0) is 25.2. The molecule has 6 heteroatoms. The summed E-state index contributed by atoms with van der Waals surface area (Å²) >= 11 is 0. The van der Waals surface area contributed by atoms with Gasteiger partial charge in [0.05, 0.1) is 30.0 Å². The van der Waals surface area contributed by atoms with Crippen LogP contribution >= 0.6 is 0 Å². The van der Waals surface area contributed by atoms with Gasteiger partial charge in [-0.1, -0.05) is 36.4 Å². The van der Waals surface area contributed by atoms with Crippen molar-refractivity contribution in [2.75, 3.05) is 18.5 Å². The van der Waals surface area contributed by atoms with E-state index in [1.54, 1.807) is 30.3 Å². The van der Waals surface area contributed by atoms with Gasteiger partial charge in [0.2, 0.25) is 0 Å². The van der Waals surface area contributed by atoms with E-state index in [4.69, 9.17) is 9.72 Å². The van der Waals surface area contributed by atoms with Gasteiger partial charge >= 0.3 is 5.97 Å². The van der Waals surface area contributed by atoms with E-state index in [1.807, 2.05) is 19.9 Å². The number of ether oxygens (including phenoxy) is 1. The van der Waals surface area contributed by atoms with Crippen LogP contribution in [0.5, 0.6) is 0 Å². The van der Waals surface area contributed by atoms with Crippen LogP contribution in [0.15, 0.2) is 72.8 Å². The zero-order valence-electron chi connectivity index (χ0n) is 20.2. The number of benzene rings is 3. The molecule has 1 atom stereocenters. The molecule has 182 valence electrons. The molecule has 0 fully saturated rings. The third-order valence-electron chi connectivity index (χ3n) is 6.53. The third-order valence-corrected chi connectivity index (χ3v) is 6.53. The predicted octanol–water partition coefficient (Wildman–Crippen LogP) is 7.02. The Bertz CT molecular complexity index is 1480. The Morgan fingerprint density at radius 3 is 2.61 bits per heavy atom. The smallest absolute Gasteiger partial charge is 0.337 e. The van der Waals surface area contributed by atoms with E-state index in [9.17, 15) is 14.3 Å². The van der Waals surface area contributed by atoms with Gasteiger partial charge < -0.3 is 15.2 Å².